The fourth-order valence-electron chi connectivity index (χ4n) is 2.35. The highest BCUT2D eigenvalue weighted by Crippen LogP contribution is 2.20. The van der Waals surface area contributed by atoms with Gasteiger partial charge in [-0.1, -0.05) is 12.1 Å². The normalized spacial score (nSPS) is 13.5. The Labute approximate surface area is 135 Å². The van der Waals surface area contributed by atoms with Crippen LogP contribution in [0.2, 0.25) is 0 Å². The minimum atomic E-state index is -0.173. The number of hydrogen-bond acceptors (Lipinski definition) is 2. The molecule has 0 atom stereocenters. The van der Waals surface area contributed by atoms with Crippen LogP contribution in [-0.2, 0) is 0 Å². The smallest absolute Gasteiger partial charge is 0.255 e. The maximum absolute atomic E-state index is 12.3. The SMILES string of the molecule is Cc1cccc(NC(=O)c2ccc(C(=O)NC3CC3)cc2)c1C. The molecule has 1 aliphatic carbocycles. The van der Waals surface area contributed by atoms with Crippen LogP contribution >= 0.6 is 0 Å². The monoisotopic (exact) mass is 308 g/mol. The summed E-state index contributed by atoms with van der Waals surface area (Å²) in [7, 11) is 0. The summed E-state index contributed by atoms with van der Waals surface area (Å²) in [5, 5.41) is 5.85. The van der Waals surface area contributed by atoms with E-state index in [-0.39, 0.29) is 11.8 Å². The van der Waals surface area contributed by atoms with Gasteiger partial charge in [-0.3, -0.25) is 9.59 Å². The summed E-state index contributed by atoms with van der Waals surface area (Å²) < 4.78 is 0. The molecule has 2 N–H and O–H groups in total. The summed E-state index contributed by atoms with van der Waals surface area (Å²) in [6, 6.07) is 12.9. The molecular formula is C19H20N2O2. The Hall–Kier alpha value is -2.62. The molecule has 0 saturated heterocycles. The largest absolute Gasteiger partial charge is 0.349 e. The first-order valence-corrected chi connectivity index (χ1v) is 7.83. The average Bonchev–Trinajstić information content (AvgIpc) is 3.36. The van der Waals surface area contributed by atoms with E-state index in [4.69, 9.17) is 0 Å². The van der Waals surface area contributed by atoms with Crippen LogP contribution in [-0.4, -0.2) is 17.9 Å². The van der Waals surface area contributed by atoms with Gasteiger partial charge >= 0.3 is 0 Å². The summed E-state index contributed by atoms with van der Waals surface area (Å²) >= 11 is 0. The molecular weight excluding hydrogens is 288 g/mol. The Morgan fingerprint density at radius 3 is 2.13 bits per heavy atom. The molecule has 0 heterocycles. The molecule has 1 saturated carbocycles. The summed E-state index contributed by atoms with van der Waals surface area (Å²) in [6.45, 7) is 3.99. The molecule has 1 aliphatic rings. The number of nitrogens with one attached hydrogen (secondary N) is 2. The molecule has 0 aromatic heterocycles. The summed E-state index contributed by atoms with van der Waals surface area (Å²) in [6.07, 6.45) is 2.12. The van der Waals surface area contributed by atoms with Gasteiger partial charge in [0.1, 0.15) is 0 Å². The van der Waals surface area contributed by atoms with Gasteiger partial charge in [-0.05, 0) is 68.1 Å². The number of rotatable bonds is 4. The van der Waals surface area contributed by atoms with Crippen LogP contribution in [0.3, 0.4) is 0 Å². The molecule has 23 heavy (non-hydrogen) atoms. The van der Waals surface area contributed by atoms with Crippen LogP contribution in [0.25, 0.3) is 0 Å². The highest BCUT2D eigenvalue weighted by molar-refractivity contribution is 6.05. The van der Waals surface area contributed by atoms with E-state index >= 15 is 0 Å². The first kappa shape index (κ1) is 15.3. The van der Waals surface area contributed by atoms with Crippen LogP contribution in [0.5, 0.6) is 0 Å². The molecule has 4 nitrogen and oxygen atoms in total. The van der Waals surface area contributed by atoms with Crippen molar-refractivity contribution in [1.82, 2.24) is 5.32 Å². The van der Waals surface area contributed by atoms with Crippen LogP contribution in [0.1, 0.15) is 44.7 Å². The van der Waals surface area contributed by atoms with Gasteiger partial charge in [0.15, 0.2) is 0 Å². The van der Waals surface area contributed by atoms with Gasteiger partial charge in [-0.25, -0.2) is 0 Å². The van der Waals surface area contributed by atoms with E-state index in [1.807, 2.05) is 32.0 Å². The predicted octanol–water partition coefficient (Wildman–Crippen LogP) is 3.45. The molecule has 0 bridgehead atoms. The fourth-order valence-corrected chi connectivity index (χ4v) is 2.35. The van der Waals surface area contributed by atoms with Crippen molar-refractivity contribution in [2.45, 2.75) is 32.7 Å². The van der Waals surface area contributed by atoms with Crippen molar-refractivity contribution in [3.63, 3.8) is 0 Å². The zero-order chi connectivity index (χ0) is 16.4. The number of aryl methyl sites for hydroxylation is 1. The Morgan fingerprint density at radius 1 is 0.913 bits per heavy atom. The van der Waals surface area contributed by atoms with Crippen molar-refractivity contribution in [2.24, 2.45) is 0 Å². The lowest BCUT2D eigenvalue weighted by atomic mass is 10.1. The number of amides is 2. The van der Waals surface area contributed by atoms with E-state index in [0.29, 0.717) is 17.2 Å². The van der Waals surface area contributed by atoms with Gasteiger partial charge in [-0.2, -0.15) is 0 Å². The number of carbonyl (C=O) groups excluding carboxylic acids is 2. The first-order valence-electron chi connectivity index (χ1n) is 7.83. The van der Waals surface area contributed by atoms with Gasteiger partial charge in [-0.15, -0.1) is 0 Å². The Bertz CT molecular complexity index is 746. The quantitative estimate of drug-likeness (QED) is 0.909. The van der Waals surface area contributed by atoms with Crippen LogP contribution in [0.4, 0.5) is 5.69 Å². The van der Waals surface area contributed by atoms with E-state index in [0.717, 1.165) is 29.7 Å². The van der Waals surface area contributed by atoms with Crippen LogP contribution in [0.15, 0.2) is 42.5 Å². The van der Waals surface area contributed by atoms with Crippen molar-refractivity contribution in [3.8, 4) is 0 Å². The third kappa shape index (κ3) is 3.59. The van der Waals surface area contributed by atoms with Gasteiger partial charge in [0.05, 0.1) is 0 Å². The van der Waals surface area contributed by atoms with E-state index in [1.165, 1.54) is 0 Å². The maximum atomic E-state index is 12.3. The minimum Gasteiger partial charge on any atom is -0.349 e. The molecule has 2 aromatic carbocycles. The van der Waals surface area contributed by atoms with E-state index in [2.05, 4.69) is 10.6 Å². The average molecular weight is 308 g/mol. The second-order valence-electron chi connectivity index (χ2n) is 6.03. The lowest BCUT2D eigenvalue weighted by Crippen LogP contribution is -2.25. The molecule has 0 aliphatic heterocycles. The number of hydrogen-bond donors (Lipinski definition) is 2. The second kappa shape index (κ2) is 6.24. The van der Waals surface area contributed by atoms with Crippen LogP contribution in [0, 0.1) is 13.8 Å². The Kier molecular flexibility index (Phi) is 4.15. The standard InChI is InChI=1S/C19H20N2O2/c1-12-4-3-5-17(13(12)2)21-19(23)15-8-6-14(7-9-15)18(22)20-16-10-11-16/h3-9,16H,10-11H2,1-2H3,(H,20,22)(H,21,23). The van der Waals surface area contributed by atoms with Crippen molar-refractivity contribution in [1.29, 1.82) is 0 Å². The van der Waals surface area contributed by atoms with Gasteiger partial charge in [0.2, 0.25) is 0 Å². The van der Waals surface area contributed by atoms with Crippen molar-refractivity contribution in [2.75, 3.05) is 5.32 Å². The maximum Gasteiger partial charge on any atom is 0.255 e. The zero-order valence-electron chi connectivity index (χ0n) is 13.3. The minimum absolute atomic E-state index is 0.0750. The third-order valence-corrected chi connectivity index (χ3v) is 4.17. The zero-order valence-corrected chi connectivity index (χ0v) is 13.3. The lowest BCUT2D eigenvalue weighted by molar-refractivity contribution is 0.0949. The van der Waals surface area contributed by atoms with Gasteiger partial charge in [0, 0.05) is 22.9 Å². The summed E-state index contributed by atoms with van der Waals surface area (Å²) in [5.74, 6) is -0.248. The van der Waals surface area contributed by atoms with Crippen molar-refractivity contribution >= 4 is 17.5 Å². The van der Waals surface area contributed by atoms with E-state index < -0.39 is 0 Å². The number of carbonyl (C=O) groups is 2. The molecule has 0 unspecified atom stereocenters. The molecule has 0 spiro atoms. The predicted molar refractivity (Wildman–Crippen MR) is 90.8 cm³/mol. The summed E-state index contributed by atoms with van der Waals surface area (Å²) in [5.41, 5.74) is 4.12. The number of benzene rings is 2. The number of anilines is 1. The highest BCUT2D eigenvalue weighted by Gasteiger charge is 2.23. The first-order chi connectivity index (χ1) is 11.0. The molecule has 4 heteroatoms. The molecule has 1 fully saturated rings. The van der Waals surface area contributed by atoms with E-state index in [9.17, 15) is 9.59 Å². The highest BCUT2D eigenvalue weighted by atomic mass is 16.2. The van der Waals surface area contributed by atoms with E-state index in [1.54, 1.807) is 24.3 Å². The molecule has 2 amide bonds. The Morgan fingerprint density at radius 2 is 1.52 bits per heavy atom. The molecule has 2 aromatic rings. The Balaban J connectivity index is 1.69. The lowest BCUT2D eigenvalue weighted by Gasteiger charge is -2.10. The molecule has 0 radical (unpaired) electrons. The van der Waals surface area contributed by atoms with Crippen molar-refractivity contribution in [3.05, 3.63) is 64.7 Å². The molecule has 118 valence electrons. The fraction of sp³-hybridized carbons (Fsp3) is 0.263. The third-order valence-electron chi connectivity index (χ3n) is 4.17. The van der Waals surface area contributed by atoms with Crippen molar-refractivity contribution < 1.29 is 9.59 Å². The topological polar surface area (TPSA) is 58.2 Å². The van der Waals surface area contributed by atoms with Gasteiger partial charge < -0.3 is 10.6 Å². The summed E-state index contributed by atoms with van der Waals surface area (Å²) in [4.78, 5) is 24.3. The molecule has 3 rings (SSSR count). The van der Waals surface area contributed by atoms with Crippen LogP contribution < -0.4 is 10.6 Å². The van der Waals surface area contributed by atoms with Gasteiger partial charge in [0.25, 0.3) is 11.8 Å². The second-order valence-corrected chi connectivity index (χ2v) is 6.03.